The largest absolute Gasteiger partial charge is 0.308 e. The van der Waals surface area contributed by atoms with Crippen LogP contribution in [0.25, 0.3) is 121 Å². The van der Waals surface area contributed by atoms with Crippen LogP contribution in [-0.2, 0) is 0 Å². The third-order valence-electron chi connectivity index (χ3n) is 11.7. The van der Waals surface area contributed by atoms with E-state index in [1.807, 2.05) is 0 Å². The smallest absolute Gasteiger partial charge is 0.0628 e. The first-order chi connectivity index (χ1) is 24.9. The molecule has 0 saturated carbocycles. The Morgan fingerprint density at radius 1 is 0.260 bits per heavy atom. The zero-order valence-corrected chi connectivity index (χ0v) is 26.9. The summed E-state index contributed by atoms with van der Waals surface area (Å²) in [4.78, 5) is 0. The monoisotopic (exact) mass is 630 g/mol. The highest BCUT2D eigenvalue weighted by Gasteiger charge is 2.30. The molecule has 1 aliphatic rings. The summed E-state index contributed by atoms with van der Waals surface area (Å²) in [5.41, 5.74) is 18.0. The number of para-hydroxylation sites is 3. The summed E-state index contributed by atoms with van der Waals surface area (Å²) in [5.74, 6) is 0. The number of aromatic nitrogens is 2. The fraction of sp³-hybridized carbons (Fsp3) is 0. The molecule has 0 bridgehead atoms. The van der Waals surface area contributed by atoms with E-state index >= 15 is 0 Å². The molecule has 12 aromatic rings. The van der Waals surface area contributed by atoms with E-state index in [1.165, 1.54) is 121 Å². The highest BCUT2D eigenvalue weighted by Crippen LogP contribution is 2.55. The van der Waals surface area contributed by atoms with Gasteiger partial charge in [-0.05, 0) is 69.3 Å². The van der Waals surface area contributed by atoms with Gasteiger partial charge < -0.3 is 8.80 Å². The van der Waals surface area contributed by atoms with Crippen molar-refractivity contribution < 1.29 is 0 Å². The predicted molar refractivity (Wildman–Crippen MR) is 211 cm³/mol. The number of rotatable bonds is 0. The summed E-state index contributed by atoms with van der Waals surface area (Å²) in [7, 11) is 0. The molecule has 2 heteroatoms. The van der Waals surface area contributed by atoms with Crippen LogP contribution in [0.3, 0.4) is 0 Å². The van der Waals surface area contributed by atoms with Crippen LogP contribution in [0.1, 0.15) is 0 Å². The van der Waals surface area contributed by atoms with Crippen LogP contribution in [0.4, 0.5) is 0 Å². The van der Waals surface area contributed by atoms with Crippen LogP contribution in [0.5, 0.6) is 0 Å². The number of hydrogen-bond acceptors (Lipinski definition) is 0. The van der Waals surface area contributed by atoms with Crippen molar-refractivity contribution in [2.24, 2.45) is 0 Å². The first-order valence-electron chi connectivity index (χ1n) is 17.5. The molecule has 8 aromatic carbocycles. The molecule has 13 rings (SSSR count). The quantitative estimate of drug-likeness (QED) is 0.158. The molecule has 4 heterocycles. The van der Waals surface area contributed by atoms with Crippen molar-refractivity contribution in [2.45, 2.75) is 0 Å². The summed E-state index contributed by atoms with van der Waals surface area (Å²) in [5, 5.41) is 10.6. The Balaban J connectivity index is 1.36. The lowest BCUT2D eigenvalue weighted by Crippen LogP contribution is -1.97. The van der Waals surface area contributed by atoms with Gasteiger partial charge in [0.2, 0.25) is 0 Å². The van der Waals surface area contributed by atoms with Gasteiger partial charge >= 0.3 is 0 Å². The minimum atomic E-state index is 1.26. The molecule has 0 atom stereocenters. The van der Waals surface area contributed by atoms with Crippen molar-refractivity contribution in [3.63, 3.8) is 0 Å². The average molecular weight is 631 g/mol. The first-order valence-corrected chi connectivity index (χ1v) is 17.5. The van der Waals surface area contributed by atoms with Crippen LogP contribution < -0.4 is 0 Å². The van der Waals surface area contributed by atoms with Crippen LogP contribution >= 0.6 is 0 Å². The van der Waals surface area contributed by atoms with Crippen molar-refractivity contribution in [3.05, 3.63) is 158 Å². The Labute approximate surface area is 286 Å². The van der Waals surface area contributed by atoms with Gasteiger partial charge in [-0.1, -0.05) is 127 Å². The van der Waals surface area contributed by atoms with E-state index < -0.39 is 0 Å². The van der Waals surface area contributed by atoms with Crippen LogP contribution in [0.15, 0.2) is 158 Å². The molecule has 0 aliphatic heterocycles. The standard InChI is InChI=1S/C48H26N2/c1-2-14-28-27(13-1)29-15-3-4-17-31(29)36-25-38-44-42(26-37-32-18-7-10-22-39(32)49-40-23-11-9-21-35(40)46(44)47(37)49)50-41-24-12-8-20-34(41)45(48(38)50)43(36)33-19-6-5-16-30(28)33/h1-26H. The lowest BCUT2D eigenvalue weighted by molar-refractivity contribution is 1.37. The van der Waals surface area contributed by atoms with Crippen LogP contribution in [0.2, 0.25) is 0 Å². The van der Waals surface area contributed by atoms with Crippen molar-refractivity contribution in [1.29, 1.82) is 0 Å². The fourth-order valence-corrected chi connectivity index (χ4v) is 9.90. The third-order valence-corrected chi connectivity index (χ3v) is 11.7. The van der Waals surface area contributed by atoms with E-state index in [2.05, 4.69) is 167 Å². The van der Waals surface area contributed by atoms with E-state index in [4.69, 9.17) is 0 Å². The van der Waals surface area contributed by atoms with E-state index in [0.29, 0.717) is 0 Å². The van der Waals surface area contributed by atoms with Crippen molar-refractivity contribution in [3.8, 4) is 44.5 Å². The van der Waals surface area contributed by atoms with Crippen molar-refractivity contribution in [1.82, 2.24) is 8.80 Å². The minimum Gasteiger partial charge on any atom is -0.308 e. The molecule has 0 spiro atoms. The number of benzene rings is 8. The lowest BCUT2D eigenvalue weighted by Gasteiger charge is -2.24. The topological polar surface area (TPSA) is 8.82 Å². The Bertz CT molecular complexity index is 3430. The average Bonchev–Trinajstić information content (AvgIpc) is 3.90. The molecule has 2 nitrogen and oxygen atoms in total. The maximum Gasteiger partial charge on any atom is 0.0628 e. The molecular weight excluding hydrogens is 605 g/mol. The maximum atomic E-state index is 2.58. The molecule has 0 N–H and O–H groups in total. The summed E-state index contributed by atoms with van der Waals surface area (Å²) >= 11 is 0. The molecular formula is C48H26N2. The molecule has 0 fully saturated rings. The van der Waals surface area contributed by atoms with Gasteiger partial charge in [0, 0.05) is 48.7 Å². The Morgan fingerprint density at radius 3 is 1.30 bits per heavy atom. The van der Waals surface area contributed by atoms with Crippen molar-refractivity contribution >= 4 is 76.2 Å². The Morgan fingerprint density at radius 2 is 0.680 bits per heavy atom. The molecule has 50 heavy (non-hydrogen) atoms. The van der Waals surface area contributed by atoms with E-state index in [0.717, 1.165) is 0 Å². The SMILES string of the molecule is c1ccc2c(c1)-c1ccccc1-c1cc3c4c5c6ccccc6n6c7ccccc7c(cc4n4c7ccccc7c(c1-c1ccccc1-2)c34)c56. The minimum absolute atomic E-state index is 1.26. The van der Waals surface area contributed by atoms with Gasteiger partial charge in [0.1, 0.15) is 0 Å². The second-order valence-electron chi connectivity index (χ2n) is 14.0. The second-order valence-corrected chi connectivity index (χ2v) is 14.0. The second kappa shape index (κ2) is 8.68. The van der Waals surface area contributed by atoms with Crippen LogP contribution in [0, 0.1) is 0 Å². The molecule has 0 saturated heterocycles. The fourth-order valence-electron chi connectivity index (χ4n) is 9.90. The van der Waals surface area contributed by atoms with E-state index in [1.54, 1.807) is 0 Å². The molecule has 4 aromatic heterocycles. The normalized spacial score (nSPS) is 12.8. The highest BCUT2D eigenvalue weighted by atomic mass is 14.9. The van der Waals surface area contributed by atoms with Gasteiger partial charge in [0.25, 0.3) is 0 Å². The Hall–Kier alpha value is -6.64. The zero-order valence-electron chi connectivity index (χ0n) is 26.9. The summed E-state index contributed by atoms with van der Waals surface area (Å²) in [6.45, 7) is 0. The highest BCUT2D eigenvalue weighted by molar-refractivity contribution is 6.39. The maximum absolute atomic E-state index is 2.58. The lowest BCUT2D eigenvalue weighted by atomic mass is 9.79. The summed E-state index contributed by atoms with van der Waals surface area (Å²) < 4.78 is 5.09. The van der Waals surface area contributed by atoms with Gasteiger partial charge in [-0.3, -0.25) is 0 Å². The summed E-state index contributed by atoms with van der Waals surface area (Å²) in [6.07, 6.45) is 0. The Kier molecular flexibility index (Phi) is 4.41. The van der Waals surface area contributed by atoms with Gasteiger partial charge in [0.15, 0.2) is 0 Å². The third kappa shape index (κ3) is 2.79. The first kappa shape index (κ1) is 25.4. The van der Waals surface area contributed by atoms with Gasteiger partial charge in [-0.2, -0.15) is 0 Å². The molecule has 0 unspecified atom stereocenters. The molecule has 0 amide bonds. The van der Waals surface area contributed by atoms with Crippen LogP contribution in [-0.4, -0.2) is 8.80 Å². The van der Waals surface area contributed by atoms with Gasteiger partial charge in [-0.25, -0.2) is 0 Å². The number of nitrogens with zero attached hydrogens (tertiary/aromatic N) is 2. The predicted octanol–water partition coefficient (Wildman–Crippen LogP) is 13.0. The van der Waals surface area contributed by atoms with E-state index in [9.17, 15) is 0 Å². The number of fused-ring (bicyclic) bond motifs is 22. The van der Waals surface area contributed by atoms with Gasteiger partial charge in [0.05, 0.1) is 33.1 Å². The summed E-state index contributed by atoms with van der Waals surface area (Å²) in [6, 6.07) is 59.0. The molecule has 0 radical (unpaired) electrons. The van der Waals surface area contributed by atoms with Gasteiger partial charge in [-0.15, -0.1) is 0 Å². The molecule has 228 valence electrons. The number of hydrogen-bond donors (Lipinski definition) is 0. The van der Waals surface area contributed by atoms with Crippen molar-refractivity contribution in [2.75, 3.05) is 0 Å². The molecule has 1 aliphatic carbocycles. The zero-order chi connectivity index (χ0) is 32.2. The van der Waals surface area contributed by atoms with E-state index in [-0.39, 0.29) is 0 Å².